The number of ether oxygens (including phenoxy) is 1. The zero-order valence-electron chi connectivity index (χ0n) is 14.1. The van der Waals surface area contributed by atoms with Gasteiger partial charge in [0.1, 0.15) is 0 Å². The highest BCUT2D eigenvalue weighted by atomic mass is 32.2. The highest BCUT2D eigenvalue weighted by Gasteiger charge is 2.30. The Morgan fingerprint density at radius 3 is 2.38 bits per heavy atom. The number of hydrogen-bond donors (Lipinski definition) is 0. The van der Waals surface area contributed by atoms with Crippen molar-refractivity contribution >= 4 is 15.7 Å². The van der Waals surface area contributed by atoms with Crippen LogP contribution in [0.5, 0.6) is 5.75 Å². The average Bonchev–Trinajstić information content (AvgIpc) is 2.54. The number of nitro benzene ring substituents is 1. The van der Waals surface area contributed by atoms with Gasteiger partial charge < -0.3 is 9.64 Å². The van der Waals surface area contributed by atoms with Gasteiger partial charge in [-0.2, -0.15) is 4.31 Å². The second-order valence-electron chi connectivity index (χ2n) is 6.19. The normalized spacial score (nSPS) is 17.2. The molecule has 0 bridgehead atoms. The van der Waals surface area contributed by atoms with Gasteiger partial charge in [0.2, 0.25) is 10.0 Å². The van der Waals surface area contributed by atoms with Crippen LogP contribution in [-0.2, 0) is 10.0 Å². The Morgan fingerprint density at radius 2 is 1.88 bits per heavy atom. The van der Waals surface area contributed by atoms with Crippen LogP contribution in [0.15, 0.2) is 23.1 Å². The van der Waals surface area contributed by atoms with Crippen LogP contribution in [0.1, 0.15) is 13.8 Å². The van der Waals surface area contributed by atoms with Crippen LogP contribution in [0.4, 0.5) is 5.69 Å². The minimum atomic E-state index is -3.75. The molecule has 0 aromatic heterocycles. The van der Waals surface area contributed by atoms with E-state index in [1.54, 1.807) is 0 Å². The molecule has 134 valence electrons. The van der Waals surface area contributed by atoms with Crippen LogP contribution >= 0.6 is 0 Å². The molecule has 0 spiro atoms. The molecule has 1 aliphatic rings. The third kappa shape index (κ3) is 4.03. The molecule has 0 N–H and O–H groups in total. The molecule has 0 amide bonds. The fourth-order valence-electron chi connectivity index (χ4n) is 2.79. The Labute approximate surface area is 142 Å². The Bertz CT molecular complexity index is 697. The van der Waals surface area contributed by atoms with Gasteiger partial charge in [-0.3, -0.25) is 10.1 Å². The molecular weight excluding hydrogens is 334 g/mol. The Hall–Kier alpha value is -1.71. The lowest BCUT2D eigenvalue weighted by atomic mass is 10.2. The van der Waals surface area contributed by atoms with E-state index in [1.807, 2.05) is 0 Å². The van der Waals surface area contributed by atoms with Gasteiger partial charge in [0, 0.05) is 38.8 Å². The third-order valence-corrected chi connectivity index (χ3v) is 5.83. The minimum absolute atomic E-state index is 0.0423. The van der Waals surface area contributed by atoms with Gasteiger partial charge in [-0.1, -0.05) is 13.8 Å². The van der Waals surface area contributed by atoms with Crippen molar-refractivity contribution < 1.29 is 18.1 Å². The average molecular weight is 357 g/mol. The summed E-state index contributed by atoms with van der Waals surface area (Å²) in [5.41, 5.74) is -0.350. The number of nitro groups is 1. The molecule has 0 atom stereocenters. The first-order valence-corrected chi connectivity index (χ1v) is 9.24. The van der Waals surface area contributed by atoms with Crippen LogP contribution in [0.2, 0.25) is 0 Å². The minimum Gasteiger partial charge on any atom is -0.490 e. The van der Waals surface area contributed by atoms with Crippen molar-refractivity contribution in [1.82, 2.24) is 9.21 Å². The molecule has 0 unspecified atom stereocenters. The largest absolute Gasteiger partial charge is 0.490 e. The van der Waals surface area contributed by atoms with E-state index in [0.29, 0.717) is 32.1 Å². The van der Waals surface area contributed by atoms with Crippen LogP contribution < -0.4 is 4.74 Å². The van der Waals surface area contributed by atoms with Gasteiger partial charge in [0.05, 0.1) is 16.9 Å². The standard InChI is InChI=1S/C15H23N3O5S/c1-12(2)11-16-6-8-17(9-7-16)24(21,22)13-4-5-15(23-3)14(10-13)18(19)20/h4-5,10,12H,6-9,11H2,1-3H3. The number of sulfonamides is 1. The molecule has 0 saturated carbocycles. The number of piperazine rings is 1. The Kier molecular flexibility index (Phi) is 5.79. The summed E-state index contributed by atoms with van der Waals surface area (Å²) in [5, 5.41) is 11.1. The van der Waals surface area contributed by atoms with E-state index in [0.717, 1.165) is 12.6 Å². The maximum atomic E-state index is 12.7. The molecule has 0 aliphatic carbocycles. The van der Waals surface area contributed by atoms with E-state index in [1.165, 1.54) is 23.5 Å². The Morgan fingerprint density at radius 1 is 1.25 bits per heavy atom. The summed E-state index contributed by atoms with van der Waals surface area (Å²) < 4.78 is 31.8. The predicted molar refractivity (Wildman–Crippen MR) is 89.7 cm³/mol. The quantitative estimate of drug-likeness (QED) is 0.567. The summed E-state index contributed by atoms with van der Waals surface area (Å²) in [6, 6.07) is 3.73. The maximum absolute atomic E-state index is 12.7. The van der Waals surface area contributed by atoms with Crippen LogP contribution in [0.25, 0.3) is 0 Å². The van der Waals surface area contributed by atoms with Gasteiger partial charge in [-0.25, -0.2) is 8.42 Å². The summed E-state index contributed by atoms with van der Waals surface area (Å²) >= 11 is 0. The first-order valence-electron chi connectivity index (χ1n) is 7.80. The topological polar surface area (TPSA) is 93.0 Å². The lowest BCUT2D eigenvalue weighted by Gasteiger charge is -2.34. The van der Waals surface area contributed by atoms with Crippen molar-refractivity contribution in [2.75, 3.05) is 39.8 Å². The number of nitrogens with zero attached hydrogens (tertiary/aromatic N) is 3. The zero-order valence-corrected chi connectivity index (χ0v) is 15.0. The monoisotopic (exact) mass is 357 g/mol. The summed E-state index contributed by atoms with van der Waals surface area (Å²) in [6.07, 6.45) is 0. The number of rotatable bonds is 6. The molecule has 1 aromatic rings. The Balaban J connectivity index is 2.19. The van der Waals surface area contributed by atoms with E-state index in [4.69, 9.17) is 4.74 Å². The van der Waals surface area contributed by atoms with Gasteiger partial charge >= 0.3 is 5.69 Å². The molecule has 1 aliphatic heterocycles. The number of benzene rings is 1. The highest BCUT2D eigenvalue weighted by molar-refractivity contribution is 7.89. The first kappa shape index (κ1) is 18.6. The van der Waals surface area contributed by atoms with Crippen LogP contribution in [0, 0.1) is 16.0 Å². The summed E-state index contributed by atoms with van der Waals surface area (Å²) in [5.74, 6) is 0.568. The van der Waals surface area contributed by atoms with Crippen molar-refractivity contribution in [2.45, 2.75) is 18.7 Å². The van der Waals surface area contributed by atoms with Gasteiger partial charge in [0.15, 0.2) is 5.75 Å². The summed E-state index contributed by atoms with van der Waals surface area (Å²) in [6.45, 7) is 7.27. The molecule has 8 nitrogen and oxygen atoms in total. The molecule has 1 saturated heterocycles. The number of methoxy groups -OCH3 is 1. The molecule has 0 radical (unpaired) electrons. The van der Waals surface area contributed by atoms with E-state index >= 15 is 0 Å². The van der Waals surface area contributed by atoms with Gasteiger partial charge in [0.25, 0.3) is 0 Å². The van der Waals surface area contributed by atoms with E-state index in [9.17, 15) is 18.5 Å². The van der Waals surface area contributed by atoms with E-state index in [2.05, 4.69) is 18.7 Å². The van der Waals surface area contributed by atoms with E-state index < -0.39 is 14.9 Å². The summed E-state index contributed by atoms with van der Waals surface area (Å²) in [4.78, 5) is 12.6. The van der Waals surface area contributed by atoms with Crippen molar-refractivity contribution in [1.29, 1.82) is 0 Å². The smallest absolute Gasteiger partial charge is 0.312 e. The third-order valence-electron chi connectivity index (χ3n) is 3.94. The molecule has 1 heterocycles. The molecule has 1 aromatic carbocycles. The summed E-state index contributed by atoms with van der Waals surface area (Å²) in [7, 11) is -2.44. The first-order chi connectivity index (χ1) is 11.3. The molecule has 24 heavy (non-hydrogen) atoms. The van der Waals surface area contributed by atoms with Crippen molar-refractivity contribution in [3.05, 3.63) is 28.3 Å². The van der Waals surface area contributed by atoms with Gasteiger partial charge in [-0.05, 0) is 18.1 Å². The maximum Gasteiger partial charge on any atom is 0.312 e. The second kappa shape index (κ2) is 7.45. The fraction of sp³-hybridized carbons (Fsp3) is 0.600. The SMILES string of the molecule is COc1ccc(S(=O)(=O)N2CCN(CC(C)C)CC2)cc1[N+](=O)[O-]. The van der Waals surface area contributed by atoms with Crippen molar-refractivity contribution in [2.24, 2.45) is 5.92 Å². The van der Waals surface area contributed by atoms with Crippen molar-refractivity contribution in [3.63, 3.8) is 0 Å². The fourth-order valence-corrected chi connectivity index (χ4v) is 4.23. The van der Waals surface area contributed by atoms with Crippen LogP contribution in [-0.4, -0.2) is 62.4 Å². The molecule has 2 rings (SSSR count). The predicted octanol–water partition coefficient (Wildman–Crippen LogP) is 1.57. The highest BCUT2D eigenvalue weighted by Crippen LogP contribution is 2.30. The molecule has 9 heteroatoms. The zero-order chi connectivity index (χ0) is 17.9. The van der Waals surface area contributed by atoms with Crippen LogP contribution in [0.3, 0.4) is 0 Å². The lowest BCUT2D eigenvalue weighted by molar-refractivity contribution is -0.386. The van der Waals surface area contributed by atoms with E-state index in [-0.39, 0.29) is 16.3 Å². The second-order valence-corrected chi connectivity index (χ2v) is 8.13. The lowest BCUT2D eigenvalue weighted by Crippen LogP contribution is -2.49. The molecular formula is C15H23N3O5S. The number of hydrogen-bond acceptors (Lipinski definition) is 6. The van der Waals surface area contributed by atoms with Gasteiger partial charge in [-0.15, -0.1) is 0 Å². The van der Waals surface area contributed by atoms with Crippen molar-refractivity contribution in [3.8, 4) is 5.75 Å². The molecule has 1 fully saturated rings.